The van der Waals surface area contributed by atoms with Crippen molar-refractivity contribution in [1.29, 1.82) is 0 Å². The first-order valence-corrected chi connectivity index (χ1v) is 5.62. The lowest BCUT2D eigenvalue weighted by Gasteiger charge is -2.10. The molecule has 0 unspecified atom stereocenters. The maximum atomic E-state index is 11.1. The predicted octanol–water partition coefficient (Wildman–Crippen LogP) is 2.63. The lowest BCUT2D eigenvalue weighted by Crippen LogP contribution is -1.99. The van der Waals surface area contributed by atoms with E-state index >= 15 is 0 Å². The number of carbonyl (C=O) groups excluding carboxylic acids is 1. The van der Waals surface area contributed by atoms with Crippen LogP contribution in [0.25, 0.3) is 0 Å². The molecule has 0 N–H and O–H groups in total. The van der Waals surface area contributed by atoms with Gasteiger partial charge in [0, 0.05) is 23.9 Å². The van der Waals surface area contributed by atoms with Gasteiger partial charge in [0.15, 0.2) is 11.5 Å². The SMILES string of the molecule is CC(=O)Cc1cc2c(cc1Cl)OCCCO2. The molecule has 0 bridgehead atoms. The maximum Gasteiger partial charge on any atom is 0.162 e. The largest absolute Gasteiger partial charge is 0.490 e. The van der Waals surface area contributed by atoms with Gasteiger partial charge in [0.05, 0.1) is 13.2 Å². The average Bonchev–Trinajstić information content (AvgIpc) is 2.42. The highest BCUT2D eigenvalue weighted by Crippen LogP contribution is 2.35. The van der Waals surface area contributed by atoms with Crippen LogP contribution in [0.15, 0.2) is 12.1 Å². The smallest absolute Gasteiger partial charge is 0.162 e. The molecule has 1 aromatic carbocycles. The number of hydrogen-bond donors (Lipinski definition) is 0. The molecule has 0 amide bonds. The van der Waals surface area contributed by atoms with Crippen molar-refractivity contribution in [1.82, 2.24) is 0 Å². The Morgan fingerprint density at radius 2 is 1.94 bits per heavy atom. The summed E-state index contributed by atoms with van der Waals surface area (Å²) in [6.45, 7) is 2.81. The normalized spacial score (nSPS) is 14.4. The minimum Gasteiger partial charge on any atom is -0.490 e. The van der Waals surface area contributed by atoms with Crippen LogP contribution in [0.3, 0.4) is 0 Å². The van der Waals surface area contributed by atoms with E-state index in [0.717, 1.165) is 12.0 Å². The van der Waals surface area contributed by atoms with Crippen molar-refractivity contribution in [2.24, 2.45) is 0 Å². The fourth-order valence-corrected chi connectivity index (χ4v) is 1.85. The topological polar surface area (TPSA) is 35.5 Å². The number of rotatable bonds is 2. The molecule has 2 rings (SSSR count). The standard InChI is InChI=1S/C12H13ClO3/c1-8(14)5-9-6-11-12(7-10(9)13)16-4-2-3-15-11/h6-7H,2-5H2,1H3. The van der Waals surface area contributed by atoms with Crippen molar-refractivity contribution in [3.63, 3.8) is 0 Å². The van der Waals surface area contributed by atoms with Gasteiger partial charge in [-0.15, -0.1) is 0 Å². The molecule has 3 nitrogen and oxygen atoms in total. The number of benzene rings is 1. The summed E-state index contributed by atoms with van der Waals surface area (Å²) in [5.74, 6) is 1.42. The predicted molar refractivity (Wildman–Crippen MR) is 61.4 cm³/mol. The number of hydrogen-bond acceptors (Lipinski definition) is 3. The molecule has 1 aromatic rings. The van der Waals surface area contributed by atoms with Crippen molar-refractivity contribution in [3.05, 3.63) is 22.7 Å². The number of carbonyl (C=O) groups is 1. The molecule has 1 heterocycles. The molecule has 0 radical (unpaired) electrons. The molecule has 4 heteroatoms. The van der Waals surface area contributed by atoms with E-state index in [9.17, 15) is 4.79 Å². The van der Waals surface area contributed by atoms with Gasteiger partial charge >= 0.3 is 0 Å². The summed E-state index contributed by atoms with van der Waals surface area (Å²) in [6.07, 6.45) is 1.18. The van der Waals surface area contributed by atoms with Crippen molar-refractivity contribution in [2.45, 2.75) is 19.8 Å². The van der Waals surface area contributed by atoms with Gasteiger partial charge in [-0.1, -0.05) is 11.6 Å². The van der Waals surface area contributed by atoms with E-state index in [-0.39, 0.29) is 5.78 Å². The highest BCUT2D eigenvalue weighted by atomic mass is 35.5. The monoisotopic (exact) mass is 240 g/mol. The number of fused-ring (bicyclic) bond motifs is 1. The average molecular weight is 241 g/mol. The summed E-state index contributed by atoms with van der Waals surface area (Å²) in [5.41, 5.74) is 0.790. The van der Waals surface area contributed by atoms with Crippen molar-refractivity contribution >= 4 is 17.4 Å². The number of ether oxygens (including phenoxy) is 2. The first-order valence-electron chi connectivity index (χ1n) is 5.24. The van der Waals surface area contributed by atoms with Crippen LogP contribution < -0.4 is 9.47 Å². The molecule has 0 saturated heterocycles. The Bertz CT molecular complexity index is 415. The molecule has 0 spiro atoms. The zero-order chi connectivity index (χ0) is 11.5. The van der Waals surface area contributed by atoms with Gasteiger partial charge in [0.2, 0.25) is 0 Å². The Morgan fingerprint density at radius 3 is 2.56 bits per heavy atom. The van der Waals surface area contributed by atoms with E-state index in [2.05, 4.69) is 0 Å². The molecule has 86 valence electrons. The van der Waals surface area contributed by atoms with Crippen LogP contribution in [-0.2, 0) is 11.2 Å². The second-order valence-electron chi connectivity index (χ2n) is 3.82. The van der Waals surface area contributed by atoms with Crippen molar-refractivity contribution in [3.8, 4) is 11.5 Å². The summed E-state index contributed by atoms with van der Waals surface area (Å²) >= 11 is 6.07. The zero-order valence-electron chi connectivity index (χ0n) is 9.09. The third-order valence-corrected chi connectivity index (χ3v) is 2.71. The van der Waals surface area contributed by atoms with Crippen LogP contribution in [0.5, 0.6) is 11.5 Å². The third kappa shape index (κ3) is 2.47. The van der Waals surface area contributed by atoms with Crippen LogP contribution in [0, 0.1) is 0 Å². The molecule has 0 aliphatic carbocycles. The Morgan fingerprint density at radius 1 is 1.31 bits per heavy atom. The van der Waals surface area contributed by atoms with E-state index in [1.54, 1.807) is 19.1 Å². The number of halogens is 1. The second-order valence-corrected chi connectivity index (χ2v) is 4.23. The summed E-state index contributed by atoms with van der Waals surface area (Å²) < 4.78 is 11.0. The zero-order valence-corrected chi connectivity index (χ0v) is 9.84. The van der Waals surface area contributed by atoms with E-state index < -0.39 is 0 Å². The fourth-order valence-electron chi connectivity index (χ4n) is 1.63. The van der Waals surface area contributed by atoms with Crippen LogP contribution >= 0.6 is 11.6 Å². The van der Waals surface area contributed by atoms with Gasteiger partial charge in [0.25, 0.3) is 0 Å². The molecule has 0 saturated carbocycles. The fraction of sp³-hybridized carbons (Fsp3) is 0.417. The molecule has 0 fully saturated rings. The minimum atomic E-state index is 0.0800. The highest BCUT2D eigenvalue weighted by molar-refractivity contribution is 6.31. The quantitative estimate of drug-likeness (QED) is 0.797. The van der Waals surface area contributed by atoms with Gasteiger partial charge in [-0.2, -0.15) is 0 Å². The Labute approximate surface area is 99.3 Å². The molecule has 1 aliphatic rings. The van der Waals surface area contributed by atoms with Crippen LogP contribution in [0.1, 0.15) is 18.9 Å². The lowest BCUT2D eigenvalue weighted by molar-refractivity contribution is -0.116. The van der Waals surface area contributed by atoms with Crippen LogP contribution in [-0.4, -0.2) is 19.0 Å². The van der Waals surface area contributed by atoms with E-state index in [1.807, 2.05) is 0 Å². The Kier molecular flexibility index (Phi) is 3.34. The van der Waals surface area contributed by atoms with E-state index in [4.69, 9.17) is 21.1 Å². The summed E-state index contributed by atoms with van der Waals surface area (Å²) in [5, 5.41) is 0.555. The molecule has 0 aromatic heterocycles. The lowest BCUT2D eigenvalue weighted by atomic mass is 10.1. The first-order chi connectivity index (χ1) is 7.66. The molecular weight excluding hydrogens is 228 g/mol. The number of Topliss-reactive ketones (excluding diaryl/α,β-unsaturated/α-hetero) is 1. The van der Waals surface area contributed by atoms with Gasteiger partial charge in [0.1, 0.15) is 5.78 Å². The number of ketones is 1. The van der Waals surface area contributed by atoms with Gasteiger partial charge < -0.3 is 9.47 Å². The second kappa shape index (κ2) is 4.74. The van der Waals surface area contributed by atoms with Crippen molar-refractivity contribution in [2.75, 3.05) is 13.2 Å². The van der Waals surface area contributed by atoms with Crippen LogP contribution in [0.4, 0.5) is 0 Å². The molecule has 0 atom stereocenters. The van der Waals surface area contributed by atoms with Gasteiger partial charge in [-0.25, -0.2) is 0 Å². The Hall–Kier alpha value is -1.22. The maximum absolute atomic E-state index is 11.1. The van der Waals surface area contributed by atoms with E-state index in [0.29, 0.717) is 36.2 Å². The molecular formula is C12H13ClO3. The molecule has 16 heavy (non-hydrogen) atoms. The van der Waals surface area contributed by atoms with Crippen LogP contribution in [0.2, 0.25) is 5.02 Å². The van der Waals surface area contributed by atoms with E-state index in [1.165, 1.54) is 0 Å². The summed E-state index contributed by atoms with van der Waals surface area (Å²) in [4.78, 5) is 11.1. The third-order valence-electron chi connectivity index (χ3n) is 2.36. The summed E-state index contributed by atoms with van der Waals surface area (Å²) in [7, 11) is 0. The Balaban J connectivity index is 2.34. The highest BCUT2D eigenvalue weighted by Gasteiger charge is 2.14. The molecule has 1 aliphatic heterocycles. The first kappa shape index (κ1) is 11.3. The van der Waals surface area contributed by atoms with Crippen molar-refractivity contribution < 1.29 is 14.3 Å². The summed E-state index contributed by atoms with van der Waals surface area (Å²) in [6, 6.07) is 3.52. The van der Waals surface area contributed by atoms with Gasteiger partial charge in [-0.05, 0) is 18.6 Å². The minimum absolute atomic E-state index is 0.0800. The van der Waals surface area contributed by atoms with Gasteiger partial charge in [-0.3, -0.25) is 4.79 Å².